The molecular formula is C11H14F2N2O2. The standard InChI is InChI=1S/C11H14F2N2O2/c1-17-6-2-5-14-11(16)15-10-7-8(12)3-4-9(10)13/h3-4,7H,2,5-6H2,1H3,(H2,14,15,16). The molecule has 94 valence electrons. The molecule has 1 aromatic rings. The molecule has 0 unspecified atom stereocenters. The summed E-state index contributed by atoms with van der Waals surface area (Å²) in [6, 6.07) is 2.28. The SMILES string of the molecule is COCCCNC(=O)Nc1cc(F)ccc1F. The van der Waals surface area contributed by atoms with Gasteiger partial charge >= 0.3 is 6.03 Å². The second-order valence-corrected chi connectivity index (χ2v) is 3.35. The van der Waals surface area contributed by atoms with Crippen LogP contribution >= 0.6 is 0 Å². The molecule has 2 N–H and O–H groups in total. The number of halogens is 2. The van der Waals surface area contributed by atoms with Crippen LogP contribution in [-0.2, 0) is 4.74 Å². The molecule has 0 aromatic heterocycles. The maximum atomic E-state index is 13.1. The number of rotatable bonds is 5. The number of anilines is 1. The molecule has 0 aliphatic heterocycles. The number of ether oxygens (including phenoxy) is 1. The van der Waals surface area contributed by atoms with Crippen molar-refractivity contribution in [3.05, 3.63) is 29.8 Å². The van der Waals surface area contributed by atoms with Gasteiger partial charge in [-0.05, 0) is 18.6 Å². The molecule has 1 rings (SSSR count). The Bertz CT molecular complexity index is 386. The van der Waals surface area contributed by atoms with E-state index >= 15 is 0 Å². The first kappa shape index (κ1) is 13.4. The predicted molar refractivity (Wildman–Crippen MR) is 59.9 cm³/mol. The van der Waals surface area contributed by atoms with Crippen molar-refractivity contribution in [2.45, 2.75) is 6.42 Å². The van der Waals surface area contributed by atoms with Gasteiger partial charge in [0.1, 0.15) is 11.6 Å². The highest BCUT2D eigenvalue weighted by Crippen LogP contribution is 2.14. The van der Waals surface area contributed by atoms with Gasteiger partial charge in [-0.3, -0.25) is 0 Å². The van der Waals surface area contributed by atoms with Gasteiger partial charge in [0.25, 0.3) is 0 Å². The molecule has 0 aliphatic carbocycles. The Labute approximate surface area is 98.0 Å². The number of benzene rings is 1. The van der Waals surface area contributed by atoms with E-state index in [9.17, 15) is 13.6 Å². The van der Waals surface area contributed by atoms with Crippen LogP contribution in [-0.4, -0.2) is 26.3 Å². The molecule has 0 spiro atoms. The number of carbonyl (C=O) groups excluding carboxylic acids is 1. The van der Waals surface area contributed by atoms with Crippen LogP contribution in [0.25, 0.3) is 0 Å². The molecule has 0 saturated heterocycles. The monoisotopic (exact) mass is 244 g/mol. The fourth-order valence-electron chi connectivity index (χ4n) is 1.18. The van der Waals surface area contributed by atoms with Crippen LogP contribution in [0.4, 0.5) is 19.3 Å². The quantitative estimate of drug-likeness (QED) is 0.779. The van der Waals surface area contributed by atoms with Gasteiger partial charge in [-0.15, -0.1) is 0 Å². The Morgan fingerprint density at radius 1 is 1.41 bits per heavy atom. The van der Waals surface area contributed by atoms with Crippen LogP contribution in [0.2, 0.25) is 0 Å². The number of hydrogen-bond acceptors (Lipinski definition) is 2. The number of amides is 2. The fourth-order valence-corrected chi connectivity index (χ4v) is 1.18. The van der Waals surface area contributed by atoms with Gasteiger partial charge in [-0.2, -0.15) is 0 Å². The molecule has 6 heteroatoms. The third-order valence-electron chi connectivity index (χ3n) is 1.99. The van der Waals surface area contributed by atoms with Gasteiger partial charge in [-0.1, -0.05) is 0 Å². The van der Waals surface area contributed by atoms with Crippen molar-refractivity contribution in [2.24, 2.45) is 0 Å². The summed E-state index contributed by atoms with van der Waals surface area (Å²) in [5.41, 5.74) is -0.186. The van der Waals surface area contributed by atoms with Crippen LogP contribution in [0.3, 0.4) is 0 Å². The first-order valence-electron chi connectivity index (χ1n) is 5.12. The van der Waals surface area contributed by atoms with Crippen LogP contribution in [0.15, 0.2) is 18.2 Å². The Balaban J connectivity index is 2.42. The van der Waals surface area contributed by atoms with Crippen molar-refractivity contribution in [3.63, 3.8) is 0 Å². The molecule has 0 atom stereocenters. The lowest BCUT2D eigenvalue weighted by Crippen LogP contribution is -2.30. The highest BCUT2D eigenvalue weighted by Gasteiger charge is 2.07. The normalized spacial score (nSPS) is 10.1. The zero-order valence-corrected chi connectivity index (χ0v) is 9.43. The summed E-state index contributed by atoms with van der Waals surface area (Å²) in [5.74, 6) is -1.29. The van der Waals surface area contributed by atoms with Crippen molar-refractivity contribution < 1.29 is 18.3 Å². The topological polar surface area (TPSA) is 50.4 Å². The Morgan fingerprint density at radius 3 is 2.88 bits per heavy atom. The van der Waals surface area contributed by atoms with E-state index in [2.05, 4.69) is 10.6 Å². The minimum Gasteiger partial charge on any atom is -0.385 e. The molecule has 0 aliphatic rings. The third-order valence-corrected chi connectivity index (χ3v) is 1.99. The highest BCUT2D eigenvalue weighted by molar-refractivity contribution is 5.89. The van der Waals surface area contributed by atoms with Gasteiger partial charge in [-0.25, -0.2) is 13.6 Å². The van der Waals surface area contributed by atoms with Crippen molar-refractivity contribution in [1.82, 2.24) is 5.32 Å². The van der Waals surface area contributed by atoms with E-state index in [1.54, 1.807) is 7.11 Å². The largest absolute Gasteiger partial charge is 0.385 e. The summed E-state index contributed by atoms with van der Waals surface area (Å²) < 4.78 is 30.7. The van der Waals surface area contributed by atoms with E-state index in [1.807, 2.05) is 0 Å². The van der Waals surface area contributed by atoms with Gasteiger partial charge in [0.2, 0.25) is 0 Å². The summed E-state index contributed by atoms with van der Waals surface area (Å²) >= 11 is 0. The molecule has 17 heavy (non-hydrogen) atoms. The lowest BCUT2D eigenvalue weighted by molar-refractivity contribution is 0.194. The minimum absolute atomic E-state index is 0.186. The van der Waals surface area contributed by atoms with Crippen molar-refractivity contribution in [3.8, 4) is 0 Å². The molecule has 0 heterocycles. The number of methoxy groups -OCH3 is 1. The lowest BCUT2D eigenvalue weighted by atomic mass is 10.3. The first-order valence-corrected chi connectivity index (χ1v) is 5.12. The van der Waals surface area contributed by atoms with Gasteiger partial charge < -0.3 is 15.4 Å². The maximum Gasteiger partial charge on any atom is 0.319 e. The molecule has 0 fully saturated rings. The Morgan fingerprint density at radius 2 is 2.18 bits per heavy atom. The number of nitrogens with one attached hydrogen (secondary N) is 2. The molecule has 2 amide bonds. The summed E-state index contributed by atoms with van der Waals surface area (Å²) in [4.78, 5) is 11.3. The van der Waals surface area contributed by atoms with Crippen molar-refractivity contribution in [1.29, 1.82) is 0 Å². The van der Waals surface area contributed by atoms with Crippen molar-refractivity contribution in [2.75, 3.05) is 25.6 Å². The van der Waals surface area contributed by atoms with Crippen molar-refractivity contribution >= 4 is 11.7 Å². The molecule has 0 bridgehead atoms. The summed E-state index contributed by atoms with van der Waals surface area (Å²) in [6.45, 7) is 0.922. The zero-order chi connectivity index (χ0) is 12.7. The Hall–Kier alpha value is -1.69. The average molecular weight is 244 g/mol. The summed E-state index contributed by atoms with van der Waals surface area (Å²) in [6.07, 6.45) is 0.648. The second kappa shape index (κ2) is 6.80. The second-order valence-electron chi connectivity index (χ2n) is 3.35. The van der Waals surface area contributed by atoms with Crippen LogP contribution in [0.5, 0.6) is 0 Å². The van der Waals surface area contributed by atoms with E-state index in [4.69, 9.17) is 4.74 Å². The Kier molecular flexibility index (Phi) is 5.35. The van der Waals surface area contributed by atoms with E-state index in [1.165, 1.54) is 0 Å². The van der Waals surface area contributed by atoms with Gasteiger partial charge in [0.15, 0.2) is 0 Å². The van der Waals surface area contributed by atoms with Gasteiger partial charge in [0.05, 0.1) is 5.69 Å². The zero-order valence-electron chi connectivity index (χ0n) is 9.43. The summed E-state index contributed by atoms with van der Waals surface area (Å²) in [5, 5.41) is 4.72. The summed E-state index contributed by atoms with van der Waals surface area (Å²) in [7, 11) is 1.56. The molecular weight excluding hydrogens is 230 g/mol. The number of urea groups is 1. The van der Waals surface area contributed by atoms with Crippen LogP contribution < -0.4 is 10.6 Å². The third kappa shape index (κ3) is 4.78. The molecule has 4 nitrogen and oxygen atoms in total. The van der Waals surface area contributed by atoms with Gasteiger partial charge in [0, 0.05) is 26.3 Å². The van der Waals surface area contributed by atoms with E-state index in [0.29, 0.717) is 19.6 Å². The average Bonchev–Trinajstić information content (AvgIpc) is 2.29. The maximum absolute atomic E-state index is 13.1. The number of carbonyl (C=O) groups is 1. The fraction of sp³-hybridized carbons (Fsp3) is 0.364. The first-order chi connectivity index (χ1) is 8.13. The lowest BCUT2D eigenvalue weighted by Gasteiger charge is -2.08. The molecule has 0 saturated carbocycles. The van der Waals surface area contributed by atoms with E-state index < -0.39 is 17.7 Å². The van der Waals surface area contributed by atoms with Crippen LogP contribution in [0, 0.1) is 11.6 Å². The smallest absolute Gasteiger partial charge is 0.319 e. The van der Waals surface area contributed by atoms with E-state index in [-0.39, 0.29) is 5.69 Å². The highest BCUT2D eigenvalue weighted by atomic mass is 19.1. The molecule has 1 aromatic carbocycles. The van der Waals surface area contributed by atoms with E-state index in [0.717, 1.165) is 18.2 Å². The minimum atomic E-state index is -0.682. The van der Waals surface area contributed by atoms with Crippen LogP contribution in [0.1, 0.15) is 6.42 Å². The number of hydrogen-bond donors (Lipinski definition) is 2. The predicted octanol–water partition coefficient (Wildman–Crippen LogP) is 2.12. The molecule has 0 radical (unpaired) electrons.